The number of benzene rings is 1. The van der Waals surface area contributed by atoms with E-state index in [4.69, 9.17) is 4.42 Å². The second kappa shape index (κ2) is 7.97. The van der Waals surface area contributed by atoms with Crippen molar-refractivity contribution in [1.29, 1.82) is 0 Å². The summed E-state index contributed by atoms with van der Waals surface area (Å²) in [6.07, 6.45) is 1.79. The average Bonchev–Trinajstić information content (AvgIpc) is 3.26. The third kappa shape index (κ3) is 4.58. The fraction of sp³-hybridized carbons (Fsp3) is 0.211. The van der Waals surface area contributed by atoms with Crippen LogP contribution in [0.2, 0.25) is 0 Å². The number of rotatable bonds is 6. The fourth-order valence-electron chi connectivity index (χ4n) is 2.40. The highest BCUT2D eigenvalue weighted by Crippen LogP contribution is 2.24. The zero-order valence-corrected chi connectivity index (χ0v) is 15.4. The Morgan fingerprint density at radius 3 is 2.85 bits per heavy atom. The monoisotopic (exact) mass is 369 g/mol. The number of carbonyl (C=O) groups is 2. The van der Waals surface area contributed by atoms with Gasteiger partial charge in [-0.25, -0.2) is 4.98 Å². The van der Waals surface area contributed by atoms with Crippen molar-refractivity contribution in [3.05, 3.63) is 59.3 Å². The SMILES string of the molecule is CC(=O)N(C)Cc1cccc(NC(=O)Cc2csc(-c3ccco3)n2)c1. The average molecular weight is 369 g/mol. The van der Waals surface area contributed by atoms with E-state index in [0.717, 1.165) is 10.6 Å². The van der Waals surface area contributed by atoms with E-state index in [2.05, 4.69) is 10.3 Å². The van der Waals surface area contributed by atoms with Gasteiger partial charge in [-0.2, -0.15) is 0 Å². The molecule has 0 aliphatic heterocycles. The maximum absolute atomic E-state index is 12.3. The van der Waals surface area contributed by atoms with E-state index in [1.54, 1.807) is 24.3 Å². The van der Waals surface area contributed by atoms with Gasteiger partial charge in [-0.05, 0) is 29.8 Å². The molecule has 2 amide bonds. The summed E-state index contributed by atoms with van der Waals surface area (Å²) in [6, 6.07) is 11.1. The minimum atomic E-state index is -0.140. The Bertz CT molecular complexity index is 902. The lowest BCUT2D eigenvalue weighted by molar-refractivity contribution is -0.128. The van der Waals surface area contributed by atoms with Crippen molar-refractivity contribution in [2.75, 3.05) is 12.4 Å². The predicted octanol–water partition coefficient (Wildman–Crippen LogP) is 3.56. The van der Waals surface area contributed by atoms with E-state index in [1.165, 1.54) is 18.3 Å². The summed E-state index contributed by atoms with van der Waals surface area (Å²) < 4.78 is 5.31. The molecular weight excluding hydrogens is 350 g/mol. The number of hydrogen-bond acceptors (Lipinski definition) is 5. The number of thiazole rings is 1. The Hall–Kier alpha value is -2.93. The molecule has 0 atom stereocenters. The Labute approximate surface area is 155 Å². The van der Waals surface area contributed by atoms with Crippen molar-refractivity contribution in [3.63, 3.8) is 0 Å². The van der Waals surface area contributed by atoms with E-state index >= 15 is 0 Å². The van der Waals surface area contributed by atoms with Crippen LogP contribution in [-0.2, 0) is 22.6 Å². The van der Waals surface area contributed by atoms with E-state index in [1.807, 2.05) is 35.7 Å². The van der Waals surface area contributed by atoms with Gasteiger partial charge in [0.15, 0.2) is 10.8 Å². The lowest BCUT2D eigenvalue weighted by atomic mass is 10.2. The van der Waals surface area contributed by atoms with Crippen molar-refractivity contribution < 1.29 is 14.0 Å². The normalized spacial score (nSPS) is 10.5. The first-order chi connectivity index (χ1) is 12.5. The maximum atomic E-state index is 12.3. The molecule has 2 aromatic heterocycles. The molecule has 0 saturated heterocycles. The van der Waals surface area contributed by atoms with Crippen LogP contribution in [0.1, 0.15) is 18.2 Å². The largest absolute Gasteiger partial charge is 0.462 e. The van der Waals surface area contributed by atoms with Gasteiger partial charge in [0, 0.05) is 31.6 Å². The Morgan fingerprint density at radius 2 is 2.12 bits per heavy atom. The van der Waals surface area contributed by atoms with E-state index in [0.29, 0.717) is 23.7 Å². The van der Waals surface area contributed by atoms with Crippen LogP contribution in [0.4, 0.5) is 5.69 Å². The summed E-state index contributed by atoms with van der Waals surface area (Å²) in [5, 5.41) is 5.49. The van der Waals surface area contributed by atoms with Gasteiger partial charge in [0.1, 0.15) is 0 Å². The Morgan fingerprint density at radius 1 is 1.27 bits per heavy atom. The van der Waals surface area contributed by atoms with Gasteiger partial charge >= 0.3 is 0 Å². The second-order valence-corrected chi connectivity index (χ2v) is 6.78. The van der Waals surface area contributed by atoms with Crippen LogP contribution in [0, 0.1) is 0 Å². The Kier molecular flexibility index (Phi) is 5.48. The van der Waals surface area contributed by atoms with Crippen LogP contribution in [0.15, 0.2) is 52.5 Å². The molecule has 0 bridgehead atoms. The number of carbonyl (C=O) groups excluding carboxylic acids is 2. The molecule has 3 rings (SSSR count). The van der Waals surface area contributed by atoms with Gasteiger partial charge in [0.05, 0.1) is 18.4 Å². The zero-order chi connectivity index (χ0) is 18.5. The molecule has 0 saturated carbocycles. The van der Waals surface area contributed by atoms with Gasteiger partial charge in [-0.15, -0.1) is 11.3 Å². The molecule has 0 aliphatic rings. The molecule has 0 fully saturated rings. The van der Waals surface area contributed by atoms with Crippen molar-refractivity contribution in [3.8, 4) is 10.8 Å². The summed E-state index contributed by atoms with van der Waals surface area (Å²) in [7, 11) is 1.74. The molecule has 0 aliphatic carbocycles. The van der Waals surface area contributed by atoms with Crippen LogP contribution in [-0.4, -0.2) is 28.7 Å². The van der Waals surface area contributed by atoms with E-state index < -0.39 is 0 Å². The maximum Gasteiger partial charge on any atom is 0.230 e. The van der Waals surface area contributed by atoms with Crippen molar-refractivity contribution in [1.82, 2.24) is 9.88 Å². The van der Waals surface area contributed by atoms with Crippen LogP contribution < -0.4 is 5.32 Å². The minimum absolute atomic E-state index is 0.00432. The topological polar surface area (TPSA) is 75.4 Å². The lowest BCUT2D eigenvalue weighted by Gasteiger charge is -2.15. The molecule has 3 aromatic rings. The van der Waals surface area contributed by atoms with Gasteiger partial charge in [0.2, 0.25) is 11.8 Å². The molecule has 2 heterocycles. The molecule has 134 valence electrons. The van der Waals surface area contributed by atoms with Gasteiger partial charge in [-0.1, -0.05) is 12.1 Å². The summed E-state index contributed by atoms with van der Waals surface area (Å²) in [5.41, 5.74) is 2.35. The molecule has 1 aromatic carbocycles. The number of furan rings is 1. The van der Waals surface area contributed by atoms with Crippen LogP contribution in [0.3, 0.4) is 0 Å². The third-order valence-corrected chi connectivity index (χ3v) is 4.70. The number of anilines is 1. The summed E-state index contributed by atoms with van der Waals surface area (Å²) >= 11 is 1.45. The van der Waals surface area contributed by atoms with Gasteiger partial charge < -0.3 is 14.6 Å². The standard InChI is InChI=1S/C19H19N3O3S/c1-13(23)22(2)11-14-5-3-6-15(9-14)20-18(24)10-16-12-26-19(21-16)17-7-4-8-25-17/h3-9,12H,10-11H2,1-2H3,(H,20,24). The highest BCUT2D eigenvalue weighted by atomic mass is 32.1. The molecule has 0 radical (unpaired) electrons. The van der Waals surface area contributed by atoms with E-state index in [-0.39, 0.29) is 18.2 Å². The van der Waals surface area contributed by atoms with Crippen LogP contribution in [0.5, 0.6) is 0 Å². The van der Waals surface area contributed by atoms with Crippen molar-refractivity contribution in [2.45, 2.75) is 19.9 Å². The molecule has 0 unspecified atom stereocenters. The molecule has 26 heavy (non-hydrogen) atoms. The molecule has 1 N–H and O–H groups in total. The fourth-order valence-corrected chi connectivity index (χ4v) is 3.19. The summed E-state index contributed by atoms with van der Waals surface area (Å²) in [5.74, 6) is 0.553. The minimum Gasteiger partial charge on any atom is -0.462 e. The van der Waals surface area contributed by atoms with Crippen molar-refractivity contribution >= 4 is 28.8 Å². The number of nitrogens with zero attached hydrogens (tertiary/aromatic N) is 2. The molecular formula is C19H19N3O3S. The molecule has 7 heteroatoms. The molecule has 6 nitrogen and oxygen atoms in total. The van der Waals surface area contributed by atoms with Crippen molar-refractivity contribution in [2.24, 2.45) is 0 Å². The van der Waals surface area contributed by atoms with Gasteiger partial charge in [-0.3, -0.25) is 9.59 Å². The van der Waals surface area contributed by atoms with E-state index in [9.17, 15) is 9.59 Å². The first-order valence-corrected chi connectivity index (χ1v) is 8.98. The second-order valence-electron chi connectivity index (χ2n) is 5.92. The first kappa shape index (κ1) is 17.9. The molecule has 0 spiro atoms. The highest BCUT2D eigenvalue weighted by molar-refractivity contribution is 7.13. The number of amides is 2. The first-order valence-electron chi connectivity index (χ1n) is 8.10. The predicted molar refractivity (Wildman–Crippen MR) is 101 cm³/mol. The Balaban J connectivity index is 1.61. The lowest BCUT2D eigenvalue weighted by Crippen LogP contribution is -2.23. The smallest absolute Gasteiger partial charge is 0.230 e. The summed E-state index contributed by atoms with van der Waals surface area (Å²) in [4.78, 5) is 29.7. The van der Waals surface area contributed by atoms with Gasteiger partial charge in [0.25, 0.3) is 0 Å². The summed E-state index contributed by atoms with van der Waals surface area (Å²) in [6.45, 7) is 2.02. The van der Waals surface area contributed by atoms with Crippen LogP contribution >= 0.6 is 11.3 Å². The quantitative estimate of drug-likeness (QED) is 0.721. The number of hydrogen-bond donors (Lipinski definition) is 1. The zero-order valence-electron chi connectivity index (χ0n) is 14.6. The number of aromatic nitrogens is 1. The highest BCUT2D eigenvalue weighted by Gasteiger charge is 2.11. The number of nitrogens with one attached hydrogen (secondary N) is 1. The van der Waals surface area contributed by atoms with Crippen LogP contribution in [0.25, 0.3) is 10.8 Å². The third-order valence-electron chi connectivity index (χ3n) is 3.79.